The Bertz CT molecular complexity index is 1000. The summed E-state index contributed by atoms with van der Waals surface area (Å²) >= 11 is 0. The Balaban J connectivity index is 0.00000324. The standard InChI is InChI=1S/C23H25F4N3O4.2ClH/c24-19-6-3-17(4-7-19)21(31)2-1-9-28-10-12-29(13-11-28)14-15-34-22-8-5-18(23(25,26)27)16-20(22)30(32)33;;/h3-8,16H,1-2,9-15H2;2*1H. The van der Waals surface area contributed by atoms with E-state index in [1.165, 1.54) is 24.3 Å². The van der Waals surface area contributed by atoms with Crippen molar-refractivity contribution in [2.45, 2.75) is 19.0 Å². The van der Waals surface area contributed by atoms with Crippen molar-refractivity contribution < 1.29 is 32.0 Å². The summed E-state index contributed by atoms with van der Waals surface area (Å²) in [5.41, 5.74) is -1.31. The smallest absolute Gasteiger partial charge is 0.416 e. The fraction of sp³-hybridized carbons (Fsp3) is 0.435. The Morgan fingerprint density at radius 1 is 0.972 bits per heavy atom. The fourth-order valence-electron chi connectivity index (χ4n) is 3.72. The van der Waals surface area contributed by atoms with Gasteiger partial charge in [-0.1, -0.05) is 0 Å². The Hall–Kier alpha value is -2.47. The molecule has 0 radical (unpaired) electrons. The molecule has 3 rings (SSSR count). The lowest BCUT2D eigenvalue weighted by Gasteiger charge is -2.34. The van der Waals surface area contributed by atoms with Crippen LogP contribution in [-0.2, 0) is 6.18 Å². The second-order valence-corrected chi connectivity index (χ2v) is 8.00. The molecule has 1 saturated heterocycles. The number of benzene rings is 2. The second-order valence-electron chi connectivity index (χ2n) is 8.00. The third-order valence-corrected chi connectivity index (χ3v) is 5.66. The number of rotatable bonds is 10. The molecule has 36 heavy (non-hydrogen) atoms. The predicted molar refractivity (Wildman–Crippen MR) is 131 cm³/mol. The molecule has 7 nitrogen and oxygen atoms in total. The topological polar surface area (TPSA) is 75.9 Å². The molecule has 0 amide bonds. The van der Waals surface area contributed by atoms with Crippen LogP contribution in [0.1, 0.15) is 28.8 Å². The molecule has 2 aromatic carbocycles. The van der Waals surface area contributed by atoms with Crippen LogP contribution in [0.15, 0.2) is 42.5 Å². The van der Waals surface area contributed by atoms with Crippen molar-refractivity contribution in [1.82, 2.24) is 9.80 Å². The highest BCUT2D eigenvalue weighted by Crippen LogP contribution is 2.36. The van der Waals surface area contributed by atoms with E-state index in [2.05, 4.69) is 9.80 Å². The molecule has 200 valence electrons. The number of alkyl halides is 3. The van der Waals surface area contributed by atoms with Gasteiger partial charge in [-0.15, -0.1) is 24.8 Å². The van der Waals surface area contributed by atoms with Gasteiger partial charge in [0.2, 0.25) is 0 Å². The molecule has 13 heteroatoms. The lowest BCUT2D eigenvalue weighted by Crippen LogP contribution is -2.47. The zero-order chi connectivity index (χ0) is 24.7. The normalized spacial score (nSPS) is 14.4. The number of nitrogens with zero attached hydrogens (tertiary/aromatic N) is 3. The van der Waals surface area contributed by atoms with Gasteiger partial charge in [0.05, 0.1) is 10.5 Å². The van der Waals surface area contributed by atoms with Crippen molar-refractivity contribution in [3.63, 3.8) is 0 Å². The molecular weight excluding hydrogens is 529 g/mol. The van der Waals surface area contributed by atoms with Crippen LogP contribution in [-0.4, -0.2) is 66.4 Å². The number of carbonyl (C=O) groups is 1. The number of hydrogen-bond acceptors (Lipinski definition) is 6. The lowest BCUT2D eigenvalue weighted by molar-refractivity contribution is -0.386. The quantitative estimate of drug-likeness (QED) is 0.172. The van der Waals surface area contributed by atoms with Gasteiger partial charge in [0, 0.05) is 50.8 Å². The summed E-state index contributed by atoms with van der Waals surface area (Å²) in [5, 5.41) is 11.1. The van der Waals surface area contributed by atoms with Crippen molar-refractivity contribution in [3.8, 4) is 5.75 Å². The zero-order valence-corrected chi connectivity index (χ0v) is 20.8. The summed E-state index contributed by atoms with van der Waals surface area (Å²) < 4.78 is 56.7. The van der Waals surface area contributed by atoms with E-state index in [9.17, 15) is 32.5 Å². The molecule has 0 aliphatic carbocycles. The maximum atomic E-state index is 12.9. The number of ketones is 1. The molecular formula is C23H27Cl2F4N3O4. The van der Waals surface area contributed by atoms with Crippen LogP contribution in [0.4, 0.5) is 23.2 Å². The van der Waals surface area contributed by atoms with Gasteiger partial charge in [-0.05, 0) is 49.4 Å². The minimum Gasteiger partial charge on any atom is -0.485 e. The van der Waals surface area contributed by atoms with Crippen molar-refractivity contribution in [1.29, 1.82) is 0 Å². The van der Waals surface area contributed by atoms with Crippen LogP contribution in [0.25, 0.3) is 0 Å². The number of halogens is 6. The van der Waals surface area contributed by atoms with E-state index in [1.807, 2.05) is 0 Å². The predicted octanol–water partition coefficient (Wildman–Crippen LogP) is 5.26. The van der Waals surface area contributed by atoms with Crippen LogP contribution in [0, 0.1) is 15.9 Å². The third-order valence-electron chi connectivity index (χ3n) is 5.66. The van der Waals surface area contributed by atoms with E-state index in [0.717, 1.165) is 44.9 Å². The van der Waals surface area contributed by atoms with Crippen LogP contribution in [0.3, 0.4) is 0 Å². The van der Waals surface area contributed by atoms with Gasteiger partial charge in [0.15, 0.2) is 11.5 Å². The van der Waals surface area contributed by atoms with Gasteiger partial charge in [-0.3, -0.25) is 19.8 Å². The molecule has 1 fully saturated rings. The number of nitro groups is 1. The number of hydrogen-bond donors (Lipinski definition) is 0. The summed E-state index contributed by atoms with van der Waals surface area (Å²) in [7, 11) is 0. The average Bonchev–Trinajstić information content (AvgIpc) is 2.80. The first-order valence-corrected chi connectivity index (χ1v) is 10.9. The van der Waals surface area contributed by atoms with Gasteiger partial charge >= 0.3 is 11.9 Å². The van der Waals surface area contributed by atoms with E-state index in [0.29, 0.717) is 31.0 Å². The first-order valence-electron chi connectivity index (χ1n) is 10.9. The molecule has 1 heterocycles. The van der Waals surface area contributed by atoms with E-state index in [-0.39, 0.29) is 48.8 Å². The van der Waals surface area contributed by atoms with Gasteiger partial charge in [0.1, 0.15) is 12.4 Å². The summed E-state index contributed by atoms with van der Waals surface area (Å²) in [6.45, 7) is 4.40. The molecule has 0 bridgehead atoms. The van der Waals surface area contributed by atoms with Gasteiger partial charge in [-0.2, -0.15) is 13.2 Å². The minimum atomic E-state index is -4.67. The van der Waals surface area contributed by atoms with Crippen molar-refractivity contribution in [2.75, 3.05) is 45.9 Å². The summed E-state index contributed by atoms with van der Waals surface area (Å²) in [6.07, 6.45) is -3.60. The Kier molecular flexibility index (Phi) is 12.5. The Labute approximate surface area is 218 Å². The third kappa shape index (κ3) is 9.20. The highest BCUT2D eigenvalue weighted by molar-refractivity contribution is 5.95. The van der Waals surface area contributed by atoms with Crippen LogP contribution in [0.5, 0.6) is 5.75 Å². The molecule has 0 N–H and O–H groups in total. The minimum absolute atomic E-state index is 0. The van der Waals surface area contributed by atoms with Crippen LogP contribution in [0.2, 0.25) is 0 Å². The molecule has 2 aromatic rings. The summed E-state index contributed by atoms with van der Waals surface area (Å²) in [4.78, 5) is 26.7. The molecule has 0 unspecified atom stereocenters. The number of nitro benzene ring substituents is 1. The van der Waals surface area contributed by atoms with E-state index >= 15 is 0 Å². The highest BCUT2D eigenvalue weighted by atomic mass is 35.5. The highest BCUT2D eigenvalue weighted by Gasteiger charge is 2.33. The maximum absolute atomic E-state index is 12.9. The molecule has 1 aliphatic rings. The second kappa shape index (κ2) is 14.3. The molecule has 0 spiro atoms. The number of piperazine rings is 1. The SMILES string of the molecule is Cl.Cl.O=C(CCCN1CCN(CCOc2ccc(C(F)(F)F)cc2[N+](=O)[O-])CC1)c1ccc(F)cc1. The van der Waals surface area contributed by atoms with Crippen LogP contribution < -0.4 is 4.74 Å². The summed E-state index contributed by atoms with van der Waals surface area (Å²) in [5.74, 6) is -0.590. The number of carbonyl (C=O) groups excluding carboxylic acids is 1. The van der Waals surface area contributed by atoms with E-state index in [1.54, 1.807) is 0 Å². The van der Waals surface area contributed by atoms with Crippen molar-refractivity contribution >= 4 is 36.3 Å². The molecule has 1 aliphatic heterocycles. The van der Waals surface area contributed by atoms with Crippen molar-refractivity contribution in [2.24, 2.45) is 0 Å². The van der Waals surface area contributed by atoms with E-state index < -0.39 is 22.4 Å². The van der Waals surface area contributed by atoms with E-state index in [4.69, 9.17) is 4.74 Å². The lowest BCUT2D eigenvalue weighted by atomic mass is 10.1. The largest absolute Gasteiger partial charge is 0.485 e. The first-order chi connectivity index (χ1) is 16.1. The first kappa shape index (κ1) is 31.6. The van der Waals surface area contributed by atoms with Gasteiger partial charge in [-0.25, -0.2) is 4.39 Å². The zero-order valence-electron chi connectivity index (χ0n) is 19.2. The number of ether oxygens (including phenoxy) is 1. The average molecular weight is 556 g/mol. The monoisotopic (exact) mass is 555 g/mol. The Morgan fingerprint density at radius 2 is 1.56 bits per heavy atom. The van der Waals surface area contributed by atoms with Crippen molar-refractivity contribution in [3.05, 3.63) is 69.5 Å². The van der Waals surface area contributed by atoms with Gasteiger partial charge < -0.3 is 9.64 Å². The van der Waals surface area contributed by atoms with Gasteiger partial charge in [0.25, 0.3) is 0 Å². The molecule has 0 saturated carbocycles. The summed E-state index contributed by atoms with van der Waals surface area (Å²) in [6, 6.07) is 7.73. The Morgan fingerprint density at radius 3 is 2.11 bits per heavy atom. The molecule has 0 aromatic heterocycles. The number of Topliss-reactive ketones (excluding diaryl/α,β-unsaturated/α-hetero) is 1. The fourth-order valence-corrected chi connectivity index (χ4v) is 3.72. The maximum Gasteiger partial charge on any atom is 0.416 e. The van der Waals surface area contributed by atoms with Crippen LogP contribution >= 0.6 is 24.8 Å². The molecule has 0 atom stereocenters.